The Labute approximate surface area is 180 Å². The lowest BCUT2D eigenvalue weighted by Crippen LogP contribution is -2.49. The van der Waals surface area contributed by atoms with Gasteiger partial charge in [-0.3, -0.25) is 25.1 Å². The van der Waals surface area contributed by atoms with E-state index in [1.807, 2.05) is 30.6 Å². The quantitative estimate of drug-likeness (QED) is 0.298. The molecule has 1 aliphatic rings. The topological polar surface area (TPSA) is 110 Å². The molecule has 9 heteroatoms. The number of nitrogens with zero attached hydrogens (tertiary/aromatic N) is 5. The largest absolute Gasteiger partial charge is 0.388 e. The van der Waals surface area contributed by atoms with E-state index in [-0.39, 0.29) is 21.9 Å². The van der Waals surface area contributed by atoms with Gasteiger partial charge in [0.05, 0.1) is 35.9 Å². The number of aromatic nitrogens is 1. The number of hydrogen-bond donors (Lipinski definition) is 1. The average Bonchev–Trinajstić information content (AvgIpc) is 3.06. The summed E-state index contributed by atoms with van der Waals surface area (Å²) >= 11 is 1.56. The molecule has 0 saturated carbocycles. The molecule has 2 heterocycles. The second-order valence-electron chi connectivity index (χ2n) is 7.57. The van der Waals surface area contributed by atoms with Gasteiger partial charge in [-0.05, 0) is 31.0 Å². The molecule has 0 amide bonds. The Morgan fingerprint density at radius 3 is 2.80 bits per heavy atom. The van der Waals surface area contributed by atoms with Gasteiger partial charge in [-0.1, -0.05) is 37.7 Å². The summed E-state index contributed by atoms with van der Waals surface area (Å²) in [6.45, 7) is 7.01. The van der Waals surface area contributed by atoms with Crippen LogP contribution in [0.2, 0.25) is 0 Å². The van der Waals surface area contributed by atoms with Gasteiger partial charge in [0.2, 0.25) is 0 Å². The number of pyridine rings is 1. The van der Waals surface area contributed by atoms with Crippen LogP contribution in [0.4, 0.5) is 5.69 Å². The second-order valence-corrected chi connectivity index (χ2v) is 8.72. The molecule has 0 saturated heterocycles. The van der Waals surface area contributed by atoms with E-state index < -0.39 is 5.54 Å². The van der Waals surface area contributed by atoms with Crippen molar-refractivity contribution >= 4 is 29.6 Å². The maximum atomic E-state index is 11.2. The van der Waals surface area contributed by atoms with Gasteiger partial charge in [0.1, 0.15) is 10.9 Å². The van der Waals surface area contributed by atoms with Crippen molar-refractivity contribution in [3.05, 3.63) is 64.5 Å². The van der Waals surface area contributed by atoms with Crippen LogP contribution in [0.1, 0.15) is 26.5 Å². The number of aliphatic imine (C=N–C) groups is 2. The van der Waals surface area contributed by atoms with Crippen molar-refractivity contribution in [3.8, 4) is 0 Å². The SMILES string of the molecule is CC(N)=NCC1(C(C)C)N=CN(Cc2ccccn2)C1Sc1cccc([N+](=O)[O-])c1. The normalized spacial score (nSPS) is 21.4. The molecular formula is C21H26N6O2S. The standard InChI is InChI=1S/C21H26N6O2S/c1-15(2)21(13-24-16(3)22)20(30-19-9-6-8-18(11-19)27(28)29)26(14-25-21)12-17-7-4-5-10-23-17/h4-11,14-15,20H,12-13H2,1-3H3,(H2,22,24). The third-order valence-corrected chi connectivity index (χ3v) is 6.53. The van der Waals surface area contributed by atoms with E-state index in [1.165, 1.54) is 6.07 Å². The van der Waals surface area contributed by atoms with Gasteiger partial charge in [0.15, 0.2) is 0 Å². The molecule has 1 aromatic carbocycles. The highest BCUT2D eigenvalue weighted by atomic mass is 32.2. The molecule has 1 aliphatic heterocycles. The minimum atomic E-state index is -0.523. The van der Waals surface area contributed by atoms with E-state index in [1.54, 1.807) is 37.0 Å². The molecule has 3 rings (SSSR count). The van der Waals surface area contributed by atoms with Gasteiger partial charge in [-0.25, -0.2) is 0 Å². The third-order valence-electron chi connectivity index (χ3n) is 5.10. The molecule has 0 aliphatic carbocycles. The van der Waals surface area contributed by atoms with Gasteiger partial charge < -0.3 is 10.6 Å². The molecule has 2 unspecified atom stereocenters. The van der Waals surface area contributed by atoms with Gasteiger partial charge in [0, 0.05) is 23.2 Å². The van der Waals surface area contributed by atoms with Crippen molar-refractivity contribution < 1.29 is 4.92 Å². The first kappa shape index (κ1) is 21.8. The van der Waals surface area contributed by atoms with Crippen LogP contribution in [0.5, 0.6) is 0 Å². The van der Waals surface area contributed by atoms with E-state index in [9.17, 15) is 10.1 Å². The fraction of sp³-hybridized carbons (Fsp3) is 0.381. The first-order chi connectivity index (χ1) is 14.3. The molecule has 2 N–H and O–H groups in total. The summed E-state index contributed by atoms with van der Waals surface area (Å²) in [7, 11) is 0. The zero-order valence-electron chi connectivity index (χ0n) is 17.3. The van der Waals surface area contributed by atoms with Crippen LogP contribution in [0.3, 0.4) is 0 Å². The summed E-state index contributed by atoms with van der Waals surface area (Å²) in [6.07, 6.45) is 3.62. The predicted molar refractivity (Wildman–Crippen MR) is 121 cm³/mol. The monoisotopic (exact) mass is 426 g/mol. The predicted octanol–water partition coefficient (Wildman–Crippen LogP) is 3.72. The van der Waals surface area contributed by atoms with Gasteiger partial charge in [-0.2, -0.15) is 0 Å². The Morgan fingerprint density at radius 2 is 2.17 bits per heavy atom. The van der Waals surface area contributed by atoms with Crippen molar-refractivity contribution in [1.82, 2.24) is 9.88 Å². The lowest BCUT2D eigenvalue weighted by atomic mass is 9.87. The van der Waals surface area contributed by atoms with Crippen molar-refractivity contribution in [2.45, 2.75) is 43.1 Å². The number of amidine groups is 1. The maximum absolute atomic E-state index is 11.2. The summed E-state index contributed by atoms with van der Waals surface area (Å²) in [5.41, 5.74) is 6.30. The van der Waals surface area contributed by atoms with Crippen molar-refractivity contribution in [3.63, 3.8) is 0 Å². The van der Waals surface area contributed by atoms with Gasteiger partial charge in [0.25, 0.3) is 5.69 Å². The summed E-state index contributed by atoms with van der Waals surface area (Å²) in [5.74, 6) is 0.675. The average molecular weight is 427 g/mol. The zero-order valence-corrected chi connectivity index (χ0v) is 18.1. The minimum Gasteiger partial charge on any atom is -0.388 e. The summed E-state index contributed by atoms with van der Waals surface area (Å²) < 4.78 is 0. The fourth-order valence-electron chi connectivity index (χ4n) is 3.35. The number of rotatable bonds is 8. The molecule has 0 fully saturated rings. The van der Waals surface area contributed by atoms with E-state index >= 15 is 0 Å². The van der Waals surface area contributed by atoms with E-state index in [0.29, 0.717) is 18.9 Å². The van der Waals surface area contributed by atoms with Gasteiger partial charge in [-0.15, -0.1) is 0 Å². The maximum Gasteiger partial charge on any atom is 0.270 e. The van der Waals surface area contributed by atoms with Crippen molar-refractivity contribution in [2.24, 2.45) is 21.6 Å². The van der Waals surface area contributed by atoms with E-state index in [2.05, 4.69) is 28.7 Å². The summed E-state index contributed by atoms with van der Waals surface area (Å²) in [5, 5.41) is 11.1. The van der Waals surface area contributed by atoms with Crippen molar-refractivity contribution in [2.75, 3.05) is 6.54 Å². The number of nitrogens with two attached hydrogens (primary N) is 1. The number of non-ortho nitro benzene ring substituents is 1. The Hall–Kier alpha value is -2.94. The minimum absolute atomic E-state index is 0.0705. The van der Waals surface area contributed by atoms with Crippen LogP contribution in [-0.4, -0.2) is 44.4 Å². The molecule has 1 aromatic heterocycles. The Kier molecular flexibility index (Phi) is 6.71. The molecule has 2 atom stereocenters. The Balaban J connectivity index is 1.97. The smallest absolute Gasteiger partial charge is 0.270 e. The number of nitro benzene ring substituents is 1. The number of hydrogen-bond acceptors (Lipinski definition) is 7. The van der Waals surface area contributed by atoms with Crippen LogP contribution in [0, 0.1) is 16.0 Å². The summed E-state index contributed by atoms with van der Waals surface area (Å²) in [4.78, 5) is 27.6. The highest BCUT2D eigenvalue weighted by molar-refractivity contribution is 8.00. The molecule has 0 spiro atoms. The van der Waals surface area contributed by atoms with Crippen LogP contribution in [0.25, 0.3) is 0 Å². The first-order valence-corrected chi connectivity index (χ1v) is 10.6. The number of benzene rings is 1. The van der Waals surface area contributed by atoms with Gasteiger partial charge >= 0.3 is 0 Å². The van der Waals surface area contributed by atoms with Crippen molar-refractivity contribution in [1.29, 1.82) is 0 Å². The Morgan fingerprint density at radius 1 is 1.37 bits per heavy atom. The van der Waals surface area contributed by atoms with Crippen LogP contribution in [-0.2, 0) is 6.54 Å². The third kappa shape index (κ3) is 4.79. The van der Waals surface area contributed by atoms with E-state index in [4.69, 9.17) is 10.7 Å². The molecule has 30 heavy (non-hydrogen) atoms. The lowest BCUT2D eigenvalue weighted by molar-refractivity contribution is -0.385. The lowest BCUT2D eigenvalue weighted by Gasteiger charge is -2.38. The zero-order chi connectivity index (χ0) is 21.7. The highest BCUT2D eigenvalue weighted by Gasteiger charge is 2.48. The number of nitro groups is 1. The second kappa shape index (κ2) is 9.25. The Bertz CT molecular complexity index is 946. The molecule has 0 bridgehead atoms. The molecular weight excluding hydrogens is 400 g/mol. The van der Waals surface area contributed by atoms with Crippen LogP contribution < -0.4 is 5.73 Å². The number of thioether (sulfide) groups is 1. The van der Waals surface area contributed by atoms with E-state index in [0.717, 1.165) is 10.6 Å². The van der Waals surface area contributed by atoms with Crippen LogP contribution >= 0.6 is 11.8 Å². The van der Waals surface area contributed by atoms with Crippen LogP contribution in [0.15, 0.2) is 63.5 Å². The molecule has 0 radical (unpaired) electrons. The fourth-order valence-corrected chi connectivity index (χ4v) is 4.83. The molecule has 158 valence electrons. The molecule has 8 nitrogen and oxygen atoms in total. The highest BCUT2D eigenvalue weighted by Crippen LogP contribution is 2.43. The summed E-state index contributed by atoms with van der Waals surface area (Å²) in [6, 6.07) is 12.5. The molecule has 2 aromatic rings. The first-order valence-electron chi connectivity index (χ1n) is 9.70.